The second-order valence-electron chi connectivity index (χ2n) is 5.19. The first kappa shape index (κ1) is 15.3. The molecule has 1 saturated heterocycles. The predicted octanol–water partition coefficient (Wildman–Crippen LogP) is 3.40. The number of nitrogens with zero attached hydrogens (tertiary/aromatic N) is 1. The first-order valence-corrected chi connectivity index (χ1v) is 7.73. The summed E-state index contributed by atoms with van der Waals surface area (Å²) in [6.45, 7) is 1.68. The molecular weight excluding hydrogens is 322 g/mol. The molecule has 1 atom stereocenters. The van der Waals surface area contributed by atoms with E-state index in [1.807, 2.05) is 0 Å². The Morgan fingerprint density at radius 1 is 1.50 bits per heavy atom. The van der Waals surface area contributed by atoms with Crippen LogP contribution in [0.4, 0.5) is 0 Å². The molecule has 1 N–H and O–H groups in total. The number of carbonyl (C=O) groups is 1. The van der Waals surface area contributed by atoms with Crippen molar-refractivity contribution in [2.75, 3.05) is 20.2 Å². The number of carboxylic acids is 1. The molecule has 1 aromatic rings. The number of benzene rings is 1. The number of piperidine rings is 1. The minimum Gasteiger partial charge on any atom is -0.491 e. The van der Waals surface area contributed by atoms with E-state index >= 15 is 0 Å². The number of likely N-dealkylation sites (tertiary alicyclic amines) is 1. The largest absolute Gasteiger partial charge is 0.491 e. The van der Waals surface area contributed by atoms with Crippen LogP contribution < -0.4 is 4.74 Å². The van der Waals surface area contributed by atoms with Crippen molar-refractivity contribution in [1.29, 1.82) is 0 Å². The zero-order chi connectivity index (χ0) is 14.5. The van der Waals surface area contributed by atoms with Crippen LogP contribution in [0.2, 0.25) is 0 Å². The van der Waals surface area contributed by atoms with E-state index in [0.29, 0.717) is 22.9 Å². The van der Waals surface area contributed by atoms with Gasteiger partial charge in [0.05, 0.1) is 11.1 Å². The van der Waals surface area contributed by atoms with E-state index in [0.717, 1.165) is 13.0 Å². The lowest BCUT2D eigenvalue weighted by molar-refractivity contribution is 0.0691. The Hall–Kier alpha value is -1.07. The van der Waals surface area contributed by atoms with Gasteiger partial charge in [-0.05, 0) is 60.9 Å². The highest BCUT2D eigenvalue weighted by Crippen LogP contribution is 2.29. The molecule has 1 heterocycles. The van der Waals surface area contributed by atoms with E-state index in [1.54, 1.807) is 18.2 Å². The van der Waals surface area contributed by atoms with E-state index in [4.69, 9.17) is 4.74 Å². The van der Waals surface area contributed by atoms with Crippen LogP contribution in [0.3, 0.4) is 0 Å². The maximum absolute atomic E-state index is 11.2. The molecule has 110 valence electrons. The zero-order valence-electron chi connectivity index (χ0n) is 11.6. The lowest BCUT2D eigenvalue weighted by Gasteiger charge is -2.32. The van der Waals surface area contributed by atoms with Crippen LogP contribution in [0.5, 0.6) is 5.75 Å². The zero-order valence-corrected chi connectivity index (χ0v) is 13.2. The van der Waals surface area contributed by atoms with Crippen LogP contribution in [0, 0.1) is 0 Å². The van der Waals surface area contributed by atoms with Gasteiger partial charge >= 0.3 is 5.97 Å². The molecule has 1 unspecified atom stereocenters. The van der Waals surface area contributed by atoms with Gasteiger partial charge in [0, 0.05) is 6.04 Å². The summed E-state index contributed by atoms with van der Waals surface area (Å²) in [7, 11) is 2.14. The van der Waals surface area contributed by atoms with Crippen molar-refractivity contribution < 1.29 is 14.6 Å². The second-order valence-corrected chi connectivity index (χ2v) is 6.04. The van der Waals surface area contributed by atoms with Crippen molar-refractivity contribution in [3.05, 3.63) is 28.2 Å². The van der Waals surface area contributed by atoms with Crippen molar-refractivity contribution in [1.82, 2.24) is 4.90 Å². The van der Waals surface area contributed by atoms with Gasteiger partial charge in [-0.2, -0.15) is 0 Å². The smallest absolute Gasteiger partial charge is 0.339 e. The third kappa shape index (κ3) is 3.73. The second kappa shape index (κ2) is 7.09. The van der Waals surface area contributed by atoms with Gasteiger partial charge in [-0.1, -0.05) is 12.5 Å². The first-order valence-electron chi connectivity index (χ1n) is 6.94. The fraction of sp³-hybridized carbons (Fsp3) is 0.533. The van der Waals surface area contributed by atoms with Gasteiger partial charge in [0.2, 0.25) is 0 Å². The Bertz CT molecular complexity index is 478. The van der Waals surface area contributed by atoms with Gasteiger partial charge in [0.25, 0.3) is 0 Å². The summed E-state index contributed by atoms with van der Waals surface area (Å²) in [5, 5.41) is 9.17. The third-order valence-corrected chi connectivity index (χ3v) is 4.44. The number of rotatable bonds is 5. The summed E-state index contributed by atoms with van der Waals surface area (Å²) in [5.41, 5.74) is 0.205. The molecular formula is C15H20BrNO3. The van der Waals surface area contributed by atoms with Crippen LogP contribution in [-0.4, -0.2) is 42.2 Å². The average Bonchev–Trinajstić information content (AvgIpc) is 2.42. The summed E-state index contributed by atoms with van der Waals surface area (Å²) >= 11 is 3.35. The van der Waals surface area contributed by atoms with Gasteiger partial charge in [-0.25, -0.2) is 4.79 Å². The summed E-state index contributed by atoms with van der Waals surface area (Å²) in [5.74, 6) is -0.533. The molecule has 0 aromatic heterocycles. The topological polar surface area (TPSA) is 49.8 Å². The molecule has 0 amide bonds. The van der Waals surface area contributed by atoms with E-state index in [1.165, 1.54) is 19.3 Å². The molecule has 0 spiro atoms. The first-order chi connectivity index (χ1) is 9.59. The maximum atomic E-state index is 11.2. The number of hydrogen-bond donors (Lipinski definition) is 1. The number of ether oxygens (including phenoxy) is 1. The minimum atomic E-state index is -0.962. The summed E-state index contributed by atoms with van der Waals surface area (Å²) in [6, 6.07) is 5.61. The molecule has 1 aliphatic rings. The number of para-hydroxylation sites is 1. The molecule has 1 aromatic carbocycles. The quantitative estimate of drug-likeness (QED) is 0.891. The molecule has 4 nitrogen and oxygen atoms in total. The van der Waals surface area contributed by atoms with Crippen LogP contribution in [0.15, 0.2) is 22.7 Å². The fourth-order valence-corrected chi connectivity index (χ4v) is 3.11. The van der Waals surface area contributed by atoms with Crippen molar-refractivity contribution >= 4 is 21.9 Å². The van der Waals surface area contributed by atoms with Crippen LogP contribution >= 0.6 is 15.9 Å². The van der Waals surface area contributed by atoms with Crippen molar-refractivity contribution in [2.24, 2.45) is 0 Å². The summed E-state index contributed by atoms with van der Waals surface area (Å²) in [6.07, 6.45) is 4.66. The van der Waals surface area contributed by atoms with E-state index in [2.05, 4.69) is 27.9 Å². The molecule has 1 fully saturated rings. The Labute approximate surface area is 127 Å². The molecule has 20 heavy (non-hydrogen) atoms. The molecule has 0 radical (unpaired) electrons. The molecule has 1 aliphatic heterocycles. The van der Waals surface area contributed by atoms with E-state index in [9.17, 15) is 9.90 Å². The summed E-state index contributed by atoms with van der Waals surface area (Å²) in [4.78, 5) is 13.5. The van der Waals surface area contributed by atoms with E-state index in [-0.39, 0.29) is 5.56 Å². The van der Waals surface area contributed by atoms with Crippen LogP contribution in [0.1, 0.15) is 36.0 Å². The highest BCUT2D eigenvalue weighted by Gasteiger charge is 2.19. The molecule has 2 rings (SSSR count). The lowest BCUT2D eigenvalue weighted by atomic mass is 10.0. The molecule has 0 aliphatic carbocycles. The Morgan fingerprint density at radius 2 is 2.30 bits per heavy atom. The van der Waals surface area contributed by atoms with Crippen LogP contribution in [0.25, 0.3) is 0 Å². The van der Waals surface area contributed by atoms with Gasteiger partial charge in [-0.3, -0.25) is 0 Å². The van der Waals surface area contributed by atoms with Crippen molar-refractivity contribution in [3.8, 4) is 5.75 Å². The maximum Gasteiger partial charge on any atom is 0.339 e. The fourth-order valence-electron chi connectivity index (χ4n) is 2.63. The minimum absolute atomic E-state index is 0.205. The normalized spacial score (nSPS) is 19.8. The number of aromatic carboxylic acids is 1. The monoisotopic (exact) mass is 341 g/mol. The van der Waals surface area contributed by atoms with Gasteiger partial charge in [-0.15, -0.1) is 0 Å². The SMILES string of the molecule is CN1CCCCC1CCOc1c(Br)cccc1C(=O)O. The third-order valence-electron chi connectivity index (χ3n) is 3.82. The highest BCUT2D eigenvalue weighted by molar-refractivity contribution is 9.10. The van der Waals surface area contributed by atoms with Crippen molar-refractivity contribution in [2.45, 2.75) is 31.7 Å². The highest BCUT2D eigenvalue weighted by atomic mass is 79.9. The van der Waals surface area contributed by atoms with Gasteiger partial charge in [0.15, 0.2) is 0 Å². The van der Waals surface area contributed by atoms with E-state index < -0.39 is 5.97 Å². The molecule has 0 saturated carbocycles. The predicted molar refractivity (Wildman–Crippen MR) is 81.5 cm³/mol. The molecule has 5 heteroatoms. The van der Waals surface area contributed by atoms with Gasteiger partial charge < -0.3 is 14.7 Å². The Kier molecular flexibility index (Phi) is 5.43. The van der Waals surface area contributed by atoms with Crippen molar-refractivity contribution in [3.63, 3.8) is 0 Å². The lowest BCUT2D eigenvalue weighted by Crippen LogP contribution is -2.37. The number of halogens is 1. The Morgan fingerprint density at radius 3 is 3.00 bits per heavy atom. The standard InChI is InChI=1S/C15H20BrNO3/c1-17-9-3-2-5-11(17)8-10-20-14-12(15(18)19)6-4-7-13(14)16/h4,6-7,11H,2-3,5,8-10H2,1H3,(H,18,19). The van der Waals surface area contributed by atoms with Gasteiger partial charge in [0.1, 0.15) is 11.3 Å². The molecule has 0 bridgehead atoms. The van der Waals surface area contributed by atoms with Crippen LogP contribution in [-0.2, 0) is 0 Å². The summed E-state index contributed by atoms with van der Waals surface area (Å²) < 4.78 is 6.42. The average molecular weight is 342 g/mol. The Balaban J connectivity index is 1.95. The number of hydrogen-bond acceptors (Lipinski definition) is 3. The number of carboxylic acid groups (broad SMARTS) is 1.